The highest BCUT2D eigenvalue weighted by molar-refractivity contribution is 5.46. The molecule has 0 bridgehead atoms. The molecular weight excluding hydrogens is 320 g/mol. The molecule has 0 aliphatic carbocycles. The van der Waals surface area contributed by atoms with Crippen molar-refractivity contribution in [1.29, 1.82) is 0 Å². The molecule has 0 amide bonds. The zero-order valence-electron chi connectivity index (χ0n) is 15.2. The monoisotopic (exact) mass is 346 g/mol. The largest absolute Gasteiger partial charge is 0.497 e. The van der Waals surface area contributed by atoms with Crippen LogP contribution in [0.1, 0.15) is 16.7 Å². The first-order valence-corrected chi connectivity index (χ1v) is 9.04. The molecule has 0 unspecified atom stereocenters. The fraction of sp³-hybridized carbons (Fsp3) is 0.217. The van der Waals surface area contributed by atoms with Crippen LogP contribution in [-0.2, 0) is 19.5 Å². The highest BCUT2D eigenvalue weighted by Gasteiger charge is 1.99. The average molecular weight is 346 g/mol. The van der Waals surface area contributed by atoms with Crippen molar-refractivity contribution in [3.63, 3.8) is 0 Å². The molecule has 134 valence electrons. The number of hydrogen-bond acceptors (Lipinski definition) is 3. The van der Waals surface area contributed by atoms with E-state index in [0.717, 1.165) is 37.5 Å². The molecule has 0 fully saturated rings. The molecule has 0 saturated carbocycles. The van der Waals surface area contributed by atoms with Gasteiger partial charge >= 0.3 is 0 Å². The van der Waals surface area contributed by atoms with Crippen molar-refractivity contribution >= 4 is 5.69 Å². The van der Waals surface area contributed by atoms with Gasteiger partial charge in [0.2, 0.25) is 0 Å². The van der Waals surface area contributed by atoms with Gasteiger partial charge in [-0.25, -0.2) is 0 Å². The van der Waals surface area contributed by atoms with E-state index >= 15 is 0 Å². The van der Waals surface area contributed by atoms with Crippen LogP contribution < -0.4 is 15.4 Å². The Balaban J connectivity index is 1.44. The Bertz CT molecular complexity index is 802. The molecule has 2 N–H and O–H groups in total. The van der Waals surface area contributed by atoms with E-state index in [0.29, 0.717) is 0 Å². The van der Waals surface area contributed by atoms with E-state index in [1.54, 1.807) is 7.11 Å². The van der Waals surface area contributed by atoms with Gasteiger partial charge in [-0.2, -0.15) is 0 Å². The summed E-state index contributed by atoms with van der Waals surface area (Å²) in [7, 11) is 1.70. The number of anilines is 1. The van der Waals surface area contributed by atoms with Crippen molar-refractivity contribution in [2.75, 3.05) is 19.0 Å². The quantitative estimate of drug-likeness (QED) is 0.554. The van der Waals surface area contributed by atoms with Gasteiger partial charge in [0.05, 0.1) is 7.11 Å². The molecule has 0 radical (unpaired) electrons. The third-order valence-electron chi connectivity index (χ3n) is 4.32. The van der Waals surface area contributed by atoms with E-state index < -0.39 is 0 Å². The van der Waals surface area contributed by atoms with Gasteiger partial charge < -0.3 is 15.4 Å². The first kappa shape index (κ1) is 18.0. The second-order valence-electron chi connectivity index (χ2n) is 6.32. The molecule has 0 saturated heterocycles. The molecule has 3 heteroatoms. The van der Waals surface area contributed by atoms with Gasteiger partial charge in [-0.15, -0.1) is 0 Å². The topological polar surface area (TPSA) is 33.3 Å². The van der Waals surface area contributed by atoms with Gasteiger partial charge in [0.1, 0.15) is 5.75 Å². The van der Waals surface area contributed by atoms with Crippen molar-refractivity contribution in [2.24, 2.45) is 0 Å². The van der Waals surface area contributed by atoms with Crippen LogP contribution in [0.25, 0.3) is 0 Å². The molecule has 0 atom stereocenters. The Kier molecular flexibility index (Phi) is 6.68. The lowest BCUT2D eigenvalue weighted by Gasteiger charge is -2.10. The standard InChI is InChI=1S/C23H26N2O/c1-26-23-12-6-9-19(16-23)13-14-24-17-21-10-5-11-22(15-21)25-18-20-7-3-2-4-8-20/h2-12,15-16,24-25H,13-14,17-18H2,1H3. The van der Waals surface area contributed by atoms with E-state index in [9.17, 15) is 0 Å². The van der Waals surface area contributed by atoms with Crippen molar-refractivity contribution in [3.8, 4) is 5.75 Å². The van der Waals surface area contributed by atoms with Crippen LogP contribution in [0.5, 0.6) is 5.75 Å². The number of rotatable bonds is 9. The van der Waals surface area contributed by atoms with Gasteiger partial charge in [-0.1, -0.05) is 54.6 Å². The fourth-order valence-electron chi connectivity index (χ4n) is 2.88. The van der Waals surface area contributed by atoms with Crippen LogP contribution in [0.2, 0.25) is 0 Å². The summed E-state index contributed by atoms with van der Waals surface area (Å²) in [4.78, 5) is 0. The molecule has 26 heavy (non-hydrogen) atoms. The van der Waals surface area contributed by atoms with Crippen LogP contribution >= 0.6 is 0 Å². The third-order valence-corrected chi connectivity index (χ3v) is 4.32. The molecule has 0 spiro atoms. The number of nitrogens with one attached hydrogen (secondary N) is 2. The number of ether oxygens (including phenoxy) is 1. The molecule has 3 nitrogen and oxygen atoms in total. The van der Waals surface area contributed by atoms with E-state index in [-0.39, 0.29) is 0 Å². The maximum atomic E-state index is 5.27. The highest BCUT2D eigenvalue weighted by atomic mass is 16.5. The molecule has 0 heterocycles. The highest BCUT2D eigenvalue weighted by Crippen LogP contribution is 2.14. The van der Waals surface area contributed by atoms with Crippen LogP contribution in [0.3, 0.4) is 0 Å². The van der Waals surface area contributed by atoms with Gasteiger partial charge in [0.25, 0.3) is 0 Å². The van der Waals surface area contributed by atoms with E-state index in [1.165, 1.54) is 16.7 Å². The Morgan fingerprint density at radius 1 is 0.731 bits per heavy atom. The van der Waals surface area contributed by atoms with Crippen LogP contribution in [-0.4, -0.2) is 13.7 Å². The van der Waals surface area contributed by atoms with Gasteiger partial charge in [-0.05, 0) is 53.9 Å². The number of hydrogen-bond donors (Lipinski definition) is 2. The molecule has 0 aliphatic rings. The van der Waals surface area contributed by atoms with E-state index in [4.69, 9.17) is 4.74 Å². The summed E-state index contributed by atoms with van der Waals surface area (Å²) in [6.45, 7) is 2.65. The summed E-state index contributed by atoms with van der Waals surface area (Å²) in [6, 6.07) is 27.3. The van der Waals surface area contributed by atoms with Gasteiger partial charge in [-0.3, -0.25) is 0 Å². The lowest BCUT2D eigenvalue weighted by Crippen LogP contribution is -2.16. The second kappa shape index (κ2) is 9.64. The smallest absolute Gasteiger partial charge is 0.119 e. The van der Waals surface area contributed by atoms with Crippen LogP contribution in [0.15, 0.2) is 78.9 Å². The molecule has 3 rings (SSSR count). The minimum absolute atomic E-state index is 0.841. The minimum Gasteiger partial charge on any atom is -0.497 e. The molecular formula is C23H26N2O. The molecule has 3 aromatic carbocycles. The SMILES string of the molecule is COc1cccc(CCNCc2cccc(NCc3ccccc3)c2)c1. The maximum absolute atomic E-state index is 5.27. The van der Waals surface area contributed by atoms with Crippen LogP contribution in [0.4, 0.5) is 5.69 Å². The Hall–Kier alpha value is -2.78. The predicted octanol–water partition coefficient (Wildman–Crippen LogP) is 4.64. The van der Waals surface area contributed by atoms with Crippen molar-refractivity contribution in [1.82, 2.24) is 5.32 Å². The first-order chi connectivity index (χ1) is 12.8. The van der Waals surface area contributed by atoms with Crippen molar-refractivity contribution in [3.05, 3.63) is 95.6 Å². The summed E-state index contributed by atoms with van der Waals surface area (Å²) in [6.07, 6.45) is 0.989. The lowest BCUT2D eigenvalue weighted by molar-refractivity contribution is 0.414. The third kappa shape index (κ3) is 5.64. The summed E-state index contributed by atoms with van der Waals surface area (Å²) in [5, 5.41) is 7.01. The molecule has 3 aromatic rings. The first-order valence-electron chi connectivity index (χ1n) is 9.04. The predicted molar refractivity (Wildman–Crippen MR) is 109 cm³/mol. The Labute approximate surface area is 156 Å². The Morgan fingerprint density at radius 2 is 1.50 bits per heavy atom. The number of methoxy groups -OCH3 is 1. The van der Waals surface area contributed by atoms with E-state index in [2.05, 4.69) is 71.3 Å². The van der Waals surface area contributed by atoms with Crippen molar-refractivity contribution < 1.29 is 4.74 Å². The van der Waals surface area contributed by atoms with Gasteiger partial charge in [0, 0.05) is 18.8 Å². The zero-order valence-corrected chi connectivity index (χ0v) is 15.2. The molecule has 0 aliphatic heterocycles. The van der Waals surface area contributed by atoms with Crippen LogP contribution in [0, 0.1) is 0 Å². The normalized spacial score (nSPS) is 10.5. The summed E-state index contributed by atoms with van der Waals surface area (Å²) in [5.74, 6) is 0.916. The minimum atomic E-state index is 0.841. The second-order valence-corrected chi connectivity index (χ2v) is 6.32. The molecule has 0 aromatic heterocycles. The summed E-state index contributed by atoms with van der Waals surface area (Å²) in [5.41, 5.74) is 5.01. The Morgan fingerprint density at radius 3 is 2.35 bits per heavy atom. The number of benzene rings is 3. The zero-order chi connectivity index (χ0) is 18.0. The fourth-order valence-corrected chi connectivity index (χ4v) is 2.88. The maximum Gasteiger partial charge on any atom is 0.119 e. The van der Waals surface area contributed by atoms with E-state index in [1.807, 2.05) is 18.2 Å². The summed E-state index contributed by atoms with van der Waals surface area (Å²) < 4.78 is 5.27. The lowest BCUT2D eigenvalue weighted by atomic mass is 10.1. The summed E-state index contributed by atoms with van der Waals surface area (Å²) >= 11 is 0. The van der Waals surface area contributed by atoms with Gasteiger partial charge in [0.15, 0.2) is 0 Å². The average Bonchev–Trinajstić information content (AvgIpc) is 2.71. The van der Waals surface area contributed by atoms with Crippen molar-refractivity contribution in [2.45, 2.75) is 19.5 Å².